The Balaban J connectivity index is 2.61. The largest absolute Gasteiger partial charge is 0.490 e. The number of hydrogen-bond acceptors (Lipinski definition) is 8. The lowest BCUT2D eigenvalue weighted by Crippen LogP contribution is -2.35. The van der Waals surface area contributed by atoms with E-state index in [-0.39, 0.29) is 0 Å². The molecule has 0 fully saturated rings. The number of nitrogens with zero attached hydrogens (tertiary/aromatic N) is 3. The number of carbonyl (C=O) groups excluding carboxylic acids is 3. The van der Waals surface area contributed by atoms with Gasteiger partial charge < -0.3 is 28.7 Å². The van der Waals surface area contributed by atoms with Crippen LogP contribution in [0.1, 0.15) is 54.4 Å². The summed E-state index contributed by atoms with van der Waals surface area (Å²) in [6.07, 6.45) is 1.84. The minimum Gasteiger partial charge on any atom is -0.490 e. The van der Waals surface area contributed by atoms with E-state index >= 15 is 0 Å². The normalized spacial score (nSPS) is 11.2. The number of rotatable bonds is 11. The van der Waals surface area contributed by atoms with Crippen LogP contribution in [0, 0.1) is 0 Å². The smallest absolute Gasteiger partial charge is 0.410 e. The summed E-state index contributed by atoms with van der Waals surface area (Å²) in [6, 6.07) is 4.87. The lowest BCUT2D eigenvalue weighted by molar-refractivity contribution is 0.0280. The van der Waals surface area contributed by atoms with E-state index in [1.165, 1.54) is 15.9 Å². The van der Waals surface area contributed by atoms with Crippen molar-refractivity contribution in [1.82, 2.24) is 9.80 Å². The molecule has 0 radical (unpaired) electrons. The first-order valence-corrected chi connectivity index (χ1v) is 11.6. The second-order valence-corrected chi connectivity index (χ2v) is 10.0. The molecule has 0 aromatic heterocycles. The molecular formula is C25H39N3O7. The van der Waals surface area contributed by atoms with Crippen molar-refractivity contribution in [3.8, 4) is 11.5 Å². The van der Waals surface area contributed by atoms with Crippen LogP contribution in [-0.4, -0.2) is 79.7 Å². The summed E-state index contributed by atoms with van der Waals surface area (Å²) < 4.78 is 22.4. The van der Waals surface area contributed by atoms with Crippen LogP contribution in [0.3, 0.4) is 0 Å². The van der Waals surface area contributed by atoms with Crippen molar-refractivity contribution >= 4 is 24.0 Å². The van der Waals surface area contributed by atoms with Gasteiger partial charge in [-0.2, -0.15) is 4.99 Å². The molecule has 10 heteroatoms. The number of carbonyl (C=O) groups is 2. The zero-order chi connectivity index (χ0) is 26.6. The van der Waals surface area contributed by atoms with Gasteiger partial charge >= 0.3 is 12.2 Å². The van der Waals surface area contributed by atoms with Gasteiger partial charge in [0.05, 0.1) is 18.9 Å². The molecule has 35 heavy (non-hydrogen) atoms. The van der Waals surface area contributed by atoms with Gasteiger partial charge in [0.1, 0.15) is 11.2 Å². The summed E-state index contributed by atoms with van der Waals surface area (Å²) in [6.45, 7) is 12.4. The molecule has 0 saturated heterocycles. The molecule has 0 aliphatic heterocycles. The fourth-order valence-electron chi connectivity index (χ4n) is 2.68. The Kier molecular flexibility index (Phi) is 11.6. The molecule has 10 nitrogen and oxygen atoms in total. The van der Waals surface area contributed by atoms with E-state index in [0.29, 0.717) is 56.3 Å². The van der Waals surface area contributed by atoms with E-state index in [4.69, 9.17) is 18.9 Å². The van der Waals surface area contributed by atoms with Gasteiger partial charge in [0.25, 0.3) is 0 Å². The van der Waals surface area contributed by atoms with E-state index in [9.17, 15) is 14.4 Å². The summed E-state index contributed by atoms with van der Waals surface area (Å²) in [4.78, 5) is 41.3. The molecule has 0 atom stereocenters. The molecule has 0 aliphatic rings. The minimum atomic E-state index is -0.560. The molecule has 0 saturated carbocycles. The summed E-state index contributed by atoms with van der Waals surface area (Å²) in [5.74, 6) is 0.900. The fraction of sp³-hybridized carbons (Fsp3) is 0.640. The third-order valence-electron chi connectivity index (χ3n) is 4.30. The Bertz CT molecular complexity index is 884. The van der Waals surface area contributed by atoms with Crippen LogP contribution >= 0.6 is 0 Å². The van der Waals surface area contributed by atoms with Crippen molar-refractivity contribution in [3.63, 3.8) is 0 Å². The van der Waals surface area contributed by atoms with Crippen molar-refractivity contribution < 1.29 is 33.3 Å². The van der Waals surface area contributed by atoms with Crippen LogP contribution in [0.15, 0.2) is 23.2 Å². The first-order valence-electron chi connectivity index (χ1n) is 11.6. The van der Waals surface area contributed by atoms with E-state index in [2.05, 4.69) is 4.99 Å². The molecule has 2 amide bonds. The fourth-order valence-corrected chi connectivity index (χ4v) is 2.68. The van der Waals surface area contributed by atoms with E-state index in [1.54, 1.807) is 32.3 Å². The maximum Gasteiger partial charge on any atom is 0.410 e. The second kappa shape index (κ2) is 13.6. The number of isocyanates is 1. The molecule has 0 heterocycles. The maximum absolute atomic E-state index is 12.1. The first-order chi connectivity index (χ1) is 16.2. The number of ether oxygens (including phenoxy) is 4. The SMILES string of the molecule is CN(CCCOc1ccc(N=C=O)cc1OCCCN(C)C(=O)OC(C)(C)C)C(=O)OC(C)(C)C. The van der Waals surface area contributed by atoms with Crippen LogP contribution in [0.2, 0.25) is 0 Å². The highest BCUT2D eigenvalue weighted by Gasteiger charge is 2.20. The average molecular weight is 494 g/mol. The third-order valence-corrected chi connectivity index (χ3v) is 4.30. The van der Waals surface area contributed by atoms with Crippen molar-refractivity contribution in [2.45, 2.75) is 65.6 Å². The topological polar surface area (TPSA) is 107 Å². The number of aliphatic imine (C=N–C) groups is 1. The van der Waals surface area contributed by atoms with E-state index < -0.39 is 23.4 Å². The molecule has 0 unspecified atom stereocenters. The number of hydrogen-bond donors (Lipinski definition) is 0. The summed E-state index contributed by atoms with van der Waals surface area (Å²) in [5, 5.41) is 0. The van der Waals surface area contributed by atoms with Crippen molar-refractivity contribution in [1.29, 1.82) is 0 Å². The van der Waals surface area contributed by atoms with Gasteiger partial charge in [-0.05, 0) is 66.5 Å². The summed E-state index contributed by atoms with van der Waals surface area (Å²) in [5.41, 5.74) is -0.727. The Morgan fingerprint density at radius 3 is 1.71 bits per heavy atom. The van der Waals surface area contributed by atoms with Gasteiger partial charge in [-0.25, -0.2) is 14.4 Å². The predicted molar refractivity (Wildman–Crippen MR) is 132 cm³/mol. The van der Waals surface area contributed by atoms with Crippen LogP contribution in [0.4, 0.5) is 15.3 Å². The molecule has 196 valence electrons. The van der Waals surface area contributed by atoms with Gasteiger partial charge in [0.15, 0.2) is 11.5 Å². The molecule has 0 spiro atoms. The van der Waals surface area contributed by atoms with Gasteiger partial charge in [-0.15, -0.1) is 0 Å². The highest BCUT2D eigenvalue weighted by Crippen LogP contribution is 2.32. The van der Waals surface area contributed by atoms with Crippen molar-refractivity contribution in [2.24, 2.45) is 4.99 Å². The summed E-state index contributed by atoms with van der Waals surface area (Å²) >= 11 is 0. The first kappa shape index (κ1) is 29.8. The number of benzene rings is 1. The van der Waals surface area contributed by atoms with Crippen LogP contribution < -0.4 is 9.47 Å². The molecule has 0 bridgehead atoms. The van der Waals surface area contributed by atoms with Gasteiger partial charge in [0, 0.05) is 33.3 Å². The van der Waals surface area contributed by atoms with Gasteiger partial charge in [0.2, 0.25) is 6.08 Å². The Morgan fingerprint density at radius 2 is 1.29 bits per heavy atom. The molecule has 1 aromatic rings. The van der Waals surface area contributed by atoms with E-state index in [1.807, 2.05) is 41.5 Å². The maximum atomic E-state index is 12.1. The highest BCUT2D eigenvalue weighted by atomic mass is 16.6. The molecule has 1 aromatic carbocycles. The van der Waals surface area contributed by atoms with Crippen molar-refractivity contribution in [3.05, 3.63) is 18.2 Å². The Morgan fingerprint density at radius 1 is 0.829 bits per heavy atom. The monoisotopic (exact) mass is 493 g/mol. The number of amides is 2. The summed E-state index contributed by atoms with van der Waals surface area (Å²) in [7, 11) is 3.33. The minimum absolute atomic E-state index is 0.305. The Labute approximate surface area is 208 Å². The lowest BCUT2D eigenvalue weighted by atomic mass is 10.2. The molecule has 0 N–H and O–H groups in total. The predicted octanol–water partition coefficient (Wildman–Crippen LogP) is 4.93. The van der Waals surface area contributed by atoms with Crippen LogP contribution in [0.25, 0.3) is 0 Å². The molecule has 0 aliphatic carbocycles. The zero-order valence-corrected chi connectivity index (χ0v) is 22.2. The lowest BCUT2D eigenvalue weighted by Gasteiger charge is -2.24. The highest BCUT2D eigenvalue weighted by molar-refractivity contribution is 5.68. The molecule has 1 rings (SSSR count). The third kappa shape index (κ3) is 12.7. The molecular weight excluding hydrogens is 454 g/mol. The van der Waals surface area contributed by atoms with Crippen LogP contribution in [-0.2, 0) is 14.3 Å². The second-order valence-electron chi connectivity index (χ2n) is 10.0. The zero-order valence-electron chi connectivity index (χ0n) is 22.2. The quantitative estimate of drug-likeness (QED) is 0.244. The van der Waals surface area contributed by atoms with E-state index in [0.717, 1.165) is 0 Å². The van der Waals surface area contributed by atoms with Crippen molar-refractivity contribution in [2.75, 3.05) is 40.4 Å². The standard InChI is InChI=1S/C25H39N3O7/c1-24(2,3)34-22(30)27(7)13-9-15-32-20-12-11-19(26-18-29)17-21(20)33-16-10-14-28(8)23(31)35-25(4,5)6/h11-12,17H,9-10,13-16H2,1-8H3. The van der Waals surface area contributed by atoms with Crippen LogP contribution in [0.5, 0.6) is 11.5 Å². The van der Waals surface area contributed by atoms with Gasteiger partial charge in [-0.3, -0.25) is 0 Å². The van der Waals surface area contributed by atoms with Gasteiger partial charge in [-0.1, -0.05) is 0 Å². The Hall–Kier alpha value is -3.26. The average Bonchev–Trinajstić information content (AvgIpc) is 2.72.